The van der Waals surface area contributed by atoms with Gasteiger partial charge in [-0.15, -0.1) is 0 Å². The van der Waals surface area contributed by atoms with E-state index >= 15 is 0 Å². The Kier molecular flexibility index (Phi) is 6.13. The lowest BCUT2D eigenvalue weighted by molar-refractivity contribution is -0.149. The van der Waals surface area contributed by atoms with Crippen LogP contribution in [0.4, 0.5) is 0 Å². The van der Waals surface area contributed by atoms with Crippen molar-refractivity contribution in [2.75, 3.05) is 13.7 Å². The Morgan fingerprint density at radius 2 is 1.83 bits per heavy atom. The van der Waals surface area contributed by atoms with E-state index in [1.807, 2.05) is 54.6 Å². The molecule has 29 heavy (non-hydrogen) atoms. The number of carbonyl (C=O) groups is 2. The largest absolute Gasteiger partial charge is 0.486 e. The fraction of sp³-hybridized carbons (Fsp3) is 0.286. The first-order chi connectivity index (χ1) is 13.9. The van der Waals surface area contributed by atoms with Crippen molar-refractivity contribution in [2.45, 2.75) is 25.6 Å². The molecular weight excluding hydrogens is 374 g/mol. The smallest absolute Gasteiger partial charge is 0.331 e. The molecular formula is C21H23N3O5. The number of para-hydroxylation sites is 3. The van der Waals surface area contributed by atoms with Gasteiger partial charge in [0.1, 0.15) is 24.7 Å². The Morgan fingerprint density at radius 3 is 2.52 bits per heavy atom. The van der Waals surface area contributed by atoms with Crippen molar-refractivity contribution in [1.29, 1.82) is 0 Å². The van der Waals surface area contributed by atoms with Gasteiger partial charge in [0.25, 0.3) is 0 Å². The summed E-state index contributed by atoms with van der Waals surface area (Å²) in [6.45, 7) is 1.33. The van der Waals surface area contributed by atoms with Gasteiger partial charge in [0.05, 0.1) is 17.6 Å². The maximum absolute atomic E-state index is 12.7. The van der Waals surface area contributed by atoms with E-state index in [0.717, 1.165) is 11.0 Å². The number of fused-ring (bicyclic) bond motifs is 1. The maximum atomic E-state index is 12.7. The van der Waals surface area contributed by atoms with Crippen molar-refractivity contribution >= 4 is 22.9 Å². The van der Waals surface area contributed by atoms with E-state index in [1.54, 1.807) is 4.57 Å². The van der Waals surface area contributed by atoms with Gasteiger partial charge < -0.3 is 24.5 Å². The van der Waals surface area contributed by atoms with Crippen LogP contribution in [0.3, 0.4) is 0 Å². The number of aromatic nitrogens is 2. The minimum Gasteiger partial charge on any atom is -0.486 e. The molecule has 0 aliphatic carbocycles. The third-order valence-electron chi connectivity index (χ3n) is 4.47. The third kappa shape index (κ3) is 4.72. The minimum atomic E-state index is -1.52. The average Bonchev–Trinajstić information content (AvgIpc) is 3.04. The molecule has 8 nitrogen and oxygen atoms in total. The van der Waals surface area contributed by atoms with Crippen LogP contribution in [-0.4, -0.2) is 45.8 Å². The number of hydrogen-bond donors (Lipinski definition) is 2. The Bertz CT molecular complexity index is 1000. The molecule has 0 radical (unpaired) electrons. The first-order valence-corrected chi connectivity index (χ1v) is 9.08. The lowest BCUT2D eigenvalue weighted by Crippen LogP contribution is -2.56. The molecule has 1 aromatic heterocycles. The Morgan fingerprint density at radius 1 is 1.14 bits per heavy atom. The van der Waals surface area contributed by atoms with Crippen LogP contribution >= 0.6 is 0 Å². The SMILES string of the molecule is COCC(C)(NC(=O)Cn1c(COc2ccccc2)nc2ccccc21)C(=O)O. The van der Waals surface area contributed by atoms with Crippen LogP contribution in [0.15, 0.2) is 54.6 Å². The first kappa shape index (κ1) is 20.3. The predicted molar refractivity (Wildman–Crippen MR) is 107 cm³/mol. The Labute approximate surface area is 168 Å². The van der Waals surface area contributed by atoms with Gasteiger partial charge in [-0.05, 0) is 31.2 Å². The summed E-state index contributed by atoms with van der Waals surface area (Å²) in [5.41, 5.74) is -0.0361. The van der Waals surface area contributed by atoms with Gasteiger partial charge in [0.2, 0.25) is 5.91 Å². The molecule has 2 N–H and O–H groups in total. The quantitative estimate of drug-likeness (QED) is 0.574. The second kappa shape index (κ2) is 8.74. The molecule has 2 aromatic carbocycles. The number of carboxylic acid groups (broad SMARTS) is 1. The number of ether oxygens (including phenoxy) is 2. The zero-order chi connectivity index (χ0) is 20.9. The van der Waals surface area contributed by atoms with E-state index < -0.39 is 17.4 Å². The molecule has 0 bridgehead atoms. The monoisotopic (exact) mass is 397 g/mol. The number of carboxylic acids is 1. The van der Waals surface area contributed by atoms with E-state index in [4.69, 9.17) is 9.47 Å². The van der Waals surface area contributed by atoms with Crippen molar-refractivity contribution in [3.8, 4) is 5.75 Å². The van der Waals surface area contributed by atoms with Gasteiger partial charge in [0, 0.05) is 7.11 Å². The van der Waals surface area contributed by atoms with Gasteiger partial charge in [-0.25, -0.2) is 9.78 Å². The van der Waals surface area contributed by atoms with Crippen molar-refractivity contribution in [2.24, 2.45) is 0 Å². The van der Waals surface area contributed by atoms with Gasteiger partial charge in [-0.2, -0.15) is 0 Å². The number of benzene rings is 2. The fourth-order valence-electron chi connectivity index (χ4n) is 3.01. The van der Waals surface area contributed by atoms with Crippen LogP contribution in [0.5, 0.6) is 5.75 Å². The van der Waals surface area contributed by atoms with Crippen molar-refractivity contribution in [3.63, 3.8) is 0 Å². The van der Waals surface area contributed by atoms with Crippen molar-refractivity contribution in [1.82, 2.24) is 14.9 Å². The molecule has 0 fully saturated rings. The molecule has 1 atom stereocenters. The number of rotatable bonds is 9. The van der Waals surface area contributed by atoms with Crippen LogP contribution in [-0.2, 0) is 27.5 Å². The molecule has 0 spiro atoms. The molecule has 1 amide bonds. The standard InChI is InChI=1S/C21H23N3O5/c1-21(14-28-2,20(26)27)23-19(25)12-24-17-11-7-6-10-16(17)22-18(24)13-29-15-8-4-3-5-9-15/h3-11H,12-14H2,1-2H3,(H,23,25)(H,26,27). The highest BCUT2D eigenvalue weighted by Gasteiger charge is 2.35. The van der Waals surface area contributed by atoms with E-state index in [2.05, 4.69) is 10.3 Å². The summed E-state index contributed by atoms with van der Waals surface area (Å²) >= 11 is 0. The second-order valence-corrected chi connectivity index (χ2v) is 6.82. The van der Waals surface area contributed by atoms with Crippen LogP contribution < -0.4 is 10.1 Å². The van der Waals surface area contributed by atoms with Gasteiger partial charge in [-0.1, -0.05) is 30.3 Å². The number of imidazole rings is 1. The molecule has 1 heterocycles. The van der Waals surface area contributed by atoms with E-state index in [-0.39, 0.29) is 19.8 Å². The molecule has 0 aliphatic rings. The van der Waals surface area contributed by atoms with E-state index in [0.29, 0.717) is 11.6 Å². The van der Waals surface area contributed by atoms with Crippen molar-refractivity contribution < 1.29 is 24.2 Å². The Balaban J connectivity index is 1.83. The molecule has 3 aromatic rings. The Hall–Kier alpha value is -3.39. The maximum Gasteiger partial charge on any atom is 0.331 e. The highest BCUT2D eigenvalue weighted by atomic mass is 16.5. The molecule has 1 unspecified atom stereocenters. The summed E-state index contributed by atoms with van der Waals surface area (Å²) in [6.07, 6.45) is 0. The minimum absolute atomic E-state index is 0.0966. The summed E-state index contributed by atoms with van der Waals surface area (Å²) in [4.78, 5) is 28.8. The van der Waals surface area contributed by atoms with Gasteiger partial charge >= 0.3 is 5.97 Å². The van der Waals surface area contributed by atoms with E-state index in [1.165, 1.54) is 14.0 Å². The van der Waals surface area contributed by atoms with Crippen LogP contribution in [0.25, 0.3) is 11.0 Å². The first-order valence-electron chi connectivity index (χ1n) is 9.08. The summed E-state index contributed by atoms with van der Waals surface area (Å²) in [5.74, 6) is -0.380. The molecule has 0 saturated carbocycles. The number of aliphatic carboxylic acids is 1. The number of nitrogens with zero attached hydrogens (tertiary/aromatic N) is 2. The number of nitrogens with one attached hydrogen (secondary N) is 1. The topological polar surface area (TPSA) is 103 Å². The number of amides is 1. The highest BCUT2D eigenvalue weighted by Crippen LogP contribution is 2.18. The predicted octanol–water partition coefficient (Wildman–Crippen LogP) is 2.22. The van der Waals surface area contributed by atoms with Gasteiger partial charge in [0.15, 0.2) is 5.54 Å². The summed E-state index contributed by atoms with van der Waals surface area (Å²) in [7, 11) is 1.38. The number of methoxy groups -OCH3 is 1. The van der Waals surface area contributed by atoms with Crippen LogP contribution in [0.1, 0.15) is 12.7 Å². The number of hydrogen-bond acceptors (Lipinski definition) is 5. The molecule has 8 heteroatoms. The van der Waals surface area contributed by atoms with Crippen LogP contribution in [0, 0.1) is 0 Å². The number of carbonyl (C=O) groups excluding carboxylic acids is 1. The highest BCUT2D eigenvalue weighted by molar-refractivity contribution is 5.87. The lowest BCUT2D eigenvalue weighted by atomic mass is 10.0. The van der Waals surface area contributed by atoms with Crippen LogP contribution in [0.2, 0.25) is 0 Å². The fourth-order valence-corrected chi connectivity index (χ4v) is 3.01. The average molecular weight is 397 g/mol. The molecule has 0 aliphatic heterocycles. The molecule has 3 rings (SSSR count). The summed E-state index contributed by atoms with van der Waals surface area (Å²) in [6, 6.07) is 16.7. The van der Waals surface area contributed by atoms with E-state index in [9.17, 15) is 14.7 Å². The normalized spacial score (nSPS) is 13.0. The zero-order valence-electron chi connectivity index (χ0n) is 16.3. The zero-order valence-corrected chi connectivity index (χ0v) is 16.3. The van der Waals surface area contributed by atoms with Crippen molar-refractivity contribution in [3.05, 3.63) is 60.4 Å². The lowest BCUT2D eigenvalue weighted by Gasteiger charge is -2.25. The second-order valence-electron chi connectivity index (χ2n) is 6.82. The molecule has 0 saturated heterocycles. The van der Waals surface area contributed by atoms with Gasteiger partial charge in [-0.3, -0.25) is 4.79 Å². The third-order valence-corrected chi connectivity index (χ3v) is 4.47. The summed E-state index contributed by atoms with van der Waals surface area (Å²) < 4.78 is 12.5. The molecule has 152 valence electrons. The summed E-state index contributed by atoms with van der Waals surface area (Å²) in [5, 5.41) is 12.0.